The number of nitrogens with one attached hydrogen (secondary N) is 1. The fraction of sp³-hybridized carbons (Fsp3) is 0.292. The van der Waals surface area contributed by atoms with E-state index in [0.717, 1.165) is 17.8 Å². The first-order valence-corrected chi connectivity index (χ1v) is 10.5. The van der Waals surface area contributed by atoms with E-state index in [4.69, 9.17) is 4.74 Å². The molecule has 1 N–H and O–H groups in total. The van der Waals surface area contributed by atoms with Gasteiger partial charge in [-0.05, 0) is 63.2 Å². The van der Waals surface area contributed by atoms with Crippen molar-refractivity contribution in [3.63, 3.8) is 0 Å². The van der Waals surface area contributed by atoms with Gasteiger partial charge in [-0.2, -0.15) is 9.61 Å². The van der Waals surface area contributed by atoms with Gasteiger partial charge in [0.1, 0.15) is 11.6 Å². The van der Waals surface area contributed by atoms with E-state index >= 15 is 0 Å². The Labute approximate surface area is 186 Å². The predicted octanol–water partition coefficient (Wildman–Crippen LogP) is 6.41. The average Bonchev–Trinajstić information content (AvgIpc) is 3.11. The lowest BCUT2D eigenvalue weighted by Crippen LogP contribution is -2.09. The summed E-state index contributed by atoms with van der Waals surface area (Å²) < 4.78 is 34.8. The molecule has 0 saturated heterocycles. The molecular weight excluding hydrogens is 412 g/mol. The van der Waals surface area contributed by atoms with Crippen molar-refractivity contribution in [3.8, 4) is 22.8 Å². The summed E-state index contributed by atoms with van der Waals surface area (Å²) in [5, 5.41) is 16.0. The molecule has 32 heavy (non-hydrogen) atoms. The first kappa shape index (κ1) is 23.1. The molecule has 0 aliphatic heterocycles. The molecule has 2 aromatic carbocycles. The molecule has 6 nitrogen and oxygen atoms in total. The Hall–Kier alpha value is -3.55. The van der Waals surface area contributed by atoms with E-state index < -0.39 is 11.6 Å². The second kappa shape index (κ2) is 10.2. The Bertz CT molecular complexity index is 1210. The van der Waals surface area contributed by atoms with Gasteiger partial charge in [-0.25, -0.2) is 8.78 Å². The SMILES string of the molecule is CCC.Cc1nnc2ccc(-c3cc(NC(C)C)ccc3Oc3ccc(F)cc3F)nn12. The molecule has 0 radical (unpaired) electrons. The van der Waals surface area contributed by atoms with Crippen LogP contribution in [0.1, 0.15) is 39.9 Å². The van der Waals surface area contributed by atoms with Gasteiger partial charge >= 0.3 is 0 Å². The van der Waals surface area contributed by atoms with Gasteiger partial charge in [0.15, 0.2) is 23.0 Å². The van der Waals surface area contributed by atoms with E-state index in [-0.39, 0.29) is 11.8 Å². The largest absolute Gasteiger partial charge is 0.454 e. The van der Waals surface area contributed by atoms with Crippen LogP contribution < -0.4 is 10.1 Å². The maximum Gasteiger partial charge on any atom is 0.177 e. The maximum atomic E-state index is 14.1. The summed E-state index contributed by atoms with van der Waals surface area (Å²) in [6, 6.07) is 12.5. The number of fused-ring (bicyclic) bond motifs is 1. The standard InChI is InChI=1S/C21H19F2N5O.C3H8/c1-12(2)24-15-5-8-19(29-20-7-4-14(22)10-17(20)23)16(11-15)18-6-9-21-26-25-13(3)28(21)27-18;1-3-2/h4-12,24H,1-3H3;3H2,1-2H3. The van der Waals surface area contributed by atoms with Gasteiger partial charge in [-0.3, -0.25) is 0 Å². The summed E-state index contributed by atoms with van der Waals surface area (Å²) in [7, 11) is 0. The molecule has 4 rings (SSSR count). The summed E-state index contributed by atoms with van der Waals surface area (Å²) in [5.74, 6) is -0.480. The third-order valence-corrected chi connectivity index (χ3v) is 4.24. The molecule has 0 spiro atoms. The molecule has 0 bridgehead atoms. The van der Waals surface area contributed by atoms with Crippen LogP contribution in [0.4, 0.5) is 14.5 Å². The molecule has 0 unspecified atom stereocenters. The van der Waals surface area contributed by atoms with E-state index in [9.17, 15) is 8.78 Å². The van der Waals surface area contributed by atoms with E-state index in [1.54, 1.807) is 29.6 Å². The van der Waals surface area contributed by atoms with E-state index in [0.29, 0.717) is 28.5 Å². The van der Waals surface area contributed by atoms with Crippen molar-refractivity contribution in [2.45, 2.75) is 47.1 Å². The van der Waals surface area contributed by atoms with Crippen LogP contribution in [0.3, 0.4) is 0 Å². The first-order valence-electron chi connectivity index (χ1n) is 10.5. The van der Waals surface area contributed by atoms with Crippen molar-refractivity contribution < 1.29 is 13.5 Å². The third kappa shape index (κ3) is 5.38. The lowest BCUT2D eigenvalue weighted by atomic mass is 10.1. The number of nitrogens with zero attached hydrogens (tertiary/aromatic N) is 4. The lowest BCUT2D eigenvalue weighted by molar-refractivity contribution is 0.439. The smallest absolute Gasteiger partial charge is 0.177 e. The molecule has 0 atom stereocenters. The Kier molecular flexibility index (Phi) is 7.35. The Morgan fingerprint density at radius 1 is 0.969 bits per heavy atom. The summed E-state index contributed by atoms with van der Waals surface area (Å²) in [6.07, 6.45) is 1.25. The summed E-state index contributed by atoms with van der Waals surface area (Å²) >= 11 is 0. The first-order chi connectivity index (χ1) is 15.3. The van der Waals surface area contributed by atoms with Crippen molar-refractivity contribution in [1.29, 1.82) is 0 Å². The van der Waals surface area contributed by atoms with Crippen LogP contribution in [0.2, 0.25) is 0 Å². The second-order valence-corrected chi connectivity index (χ2v) is 7.63. The third-order valence-electron chi connectivity index (χ3n) is 4.24. The van der Waals surface area contributed by atoms with Gasteiger partial charge in [-0.15, -0.1) is 10.2 Å². The molecule has 0 amide bonds. The zero-order valence-electron chi connectivity index (χ0n) is 18.9. The van der Waals surface area contributed by atoms with Gasteiger partial charge in [0.25, 0.3) is 0 Å². The topological polar surface area (TPSA) is 64.3 Å². The molecule has 0 saturated carbocycles. The predicted molar refractivity (Wildman–Crippen MR) is 122 cm³/mol. The monoisotopic (exact) mass is 439 g/mol. The zero-order valence-corrected chi connectivity index (χ0v) is 18.9. The van der Waals surface area contributed by atoms with Gasteiger partial charge in [-0.1, -0.05) is 20.3 Å². The summed E-state index contributed by atoms with van der Waals surface area (Å²) in [6.45, 7) is 10.1. The van der Waals surface area contributed by atoms with Gasteiger partial charge in [0.05, 0.1) is 5.69 Å². The van der Waals surface area contributed by atoms with Crippen LogP contribution in [0, 0.1) is 18.6 Å². The van der Waals surface area contributed by atoms with Crippen molar-refractivity contribution in [1.82, 2.24) is 19.8 Å². The average molecular weight is 440 g/mol. The highest BCUT2D eigenvalue weighted by molar-refractivity contribution is 5.73. The van der Waals surface area contributed by atoms with Crippen LogP contribution in [0.15, 0.2) is 48.5 Å². The maximum absolute atomic E-state index is 14.1. The van der Waals surface area contributed by atoms with Crippen LogP contribution >= 0.6 is 0 Å². The molecular formula is C24H27F2N5O. The number of anilines is 1. The molecule has 8 heteroatoms. The number of aryl methyl sites for hydroxylation is 1. The number of hydrogen-bond acceptors (Lipinski definition) is 5. The van der Waals surface area contributed by atoms with Crippen LogP contribution in [-0.2, 0) is 0 Å². The second-order valence-electron chi connectivity index (χ2n) is 7.63. The zero-order chi connectivity index (χ0) is 23.3. The molecule has 168 valence electrons. The number of ether oxygens (including phenoxy) is 1. The fourth-order valence-corrected chi connectivity index (χ4v) is 2.96. The van der Waals surface area contributed by atoms with Crippen molar-refractivity contribution in [3.05, 3.63) is 66.0 Å². The van der Waals surface area contributed by atoms with E-state index in [2.05, 4.69) is 34.5 Å². The van der Waals surface area contributed by atoms with Gasteiger partial charge in [0.2, 0.25) is 0 Å². The molecule has 0 aliphatic carbocycles. The fourth-order valence-electron chi connectivity index (χ4n) is 2.96. The van der Waals surface area contributed by atoms with Gasteiger partial charge in [0, 0.05) is 23.4 Å². The number of halogens is 2. The lowest BCUT2D eigenvalue weighted by Gasteiger charge is -2.15. The Morgan fingerprint density at radius 2 is 1.69 bits per heavy atom. The molecule has 2 heterocycles. The minimum atomic E-state index is -0.779. The Morgan fingerprint density at radius 3 is 2.38 bits per heavy atom. The minimum Gasteiger partial charge on any atom is -0.454 e. The van der Waals surface area contributed by atoms with Crippen LogP contribution in [0.5, 0.6) is 11.5 Å². The molecule has 0 aliphatic rings. The molecule has 2 aromatic heterocycles. The van der Waals surface area contributed by atoms with Crippen molar-refractivity contribution in [2.75, 3.05) is 5.32 Å². The highest BCUT2D eigenvalue weighted by Gasteiger charge is 2.15. The van der Waals surface area contributed by atoms with Gasteiger partial charge < -0.3 is 10.1 Å². The van der Waals surface area contributed by atoms with Crippen LogP contribution in [-0.4, -0.2) is 25.9 Å². The van der Waals surface area contributed by atoms with E-state index in [1.165, 1.54) is 12.5 Å². The Balaban J connectivity index is 0.000000913. The molecule has 4 aromatic rings. The number of aromatic nitrogens is 4. The highest BCUT2D eigenvalue weighted by Crippen LogP contribution is 2.36. The molecule has 0 fully saturated rings. The van der Waals surface area contributed by atoms with Crippen LogP contribution in [0.25, 0.3) is 16.9 Å². The number of hydrogen-bond donors (Lipinski definition) is 1. The minimum absolute atomic E-state index is 0.0706. The van der Waals surface area contributed by atoms with E-state index in [1.807, 2.05) is 26.0 Å². The normalized spacial score (nSPS) is 10.8. The summed E-state index contributed by atoms with van der Waals surface area (Å²) in [4.78, 5) is 0. The highest BCUT2D eigenvalue weighted by atomic mass is 19.1. The number of rotatable bonds is 5. The van der Waals surface area contributed by atoms with Crippen molar-refractivity contribution in [2.24, 2.45) is 0 Å². The summed E-state index contributed by atoms with van der Waals surface area (Å²) in [5.41, 5.74) is 2.73. The van der Waals surface area contributed by atoms with Crippen molar-refractivity contribution >= 4 is 11.3 Å². The quantitative estimate of drug-likeness (QED) is 0.389. The number of benzene rings is 2.